The predicted octanol–water partition coefficient (Wildman–Crippen LogP) is 2.80. The van der Waals surface area contributed by atoms with E-state index in [0.29, 0.717) is 30.8 Å². The Hall–Kier alpha value is -2.38. The largest absolute Gasteiger partial charge is 0.497 e. The highest BCUT2D eigenvalue weighted by Crippen LogP contribution is 2.27. The lowest BCUT2D eigenvalue weighted by molar-refractivity contribution is -0.119. The molecule has 6 nitrogen and oxygen atoms in total. The van der Waals surface area contributed by atoms with Crippen molar-refractivity contribution < 1.29 is 17.9 Å². The van der Waals surface area contributed by atoms with Crippen molar-refractivity contribution in [1.82, 2.24) is 4.31 Å². The van der Waals surface area contributed by atoms with Crippen molar-refractivity contribution in [3.8, 4) is 5.75 Å². The fourth-order valence-corrected chi connectivity index (χ4v) is 4.69. The Morgan fingerprint density at radius 3 is 2.38 bits per heavy atom. The van der Waals surface area contributed by atoms with Crippen molar-refractivity contribution >= 4 is 21.6 Å². The van der Waals surface area contributed by atoms with Gasteiger partial charge in [0.25, 0.3) is 0 Å². The summed E-state index contributed by atoms with van der Waals surface area (Å²) in [6, 6.07) is 12.9. The standard InChI is InChI=1S/C19H22N2O4S/c1-14-5-11-17(12-6-14)26(23,24)21-13-3-4-18(21)19(22)20-15-7-9-16(25-2)10-8-15/h5-12,18H,3-4,13H2,1-2H3,(H,20,22)/t18-/m0/s1. The number of carbonyl (C=O) groups excluding carboxylic acids is 1. The quantitative estimate of drug-likeness (QED) is 0.873. The average molecular weight is 374 g/mol. The van der Waals surface area contributed by atoms with E-state index in [1.807, 2.05) is 6.92 Å². The molecule has 26 heavy (non-hydrogen) atoms. The molecule has 7 heteroatoms. The van der Waals surface area contributed by atoms with Crippen LogP contribution in [0.4, 0.5) is 5.69 Å². The first kappa shape index (κ1) is 18.4. The number of amides is 1. The lowest BCUT2D eigenvalue weighted by atomic mass is 10.2. The summed E-state index contributed by atoms with van der Waals surface area (Å²) < 4.78 is 32.2. The van der Waals surface area contributed by atoms with Gasteiger partial charge in [-0.1, -0.05) is 17.7 Å². The number of methoxy groups -OCH3 is 1. The van der Waals surface area contributed by atoms with E-state index in [-0.39, 0.29) is 10.8 Å². The van der Waals surface area contributed by atoms with E-state index >= 15 is 0 Å². The van der Waals surface area contributed by atoms with Crippen LogP contribution in [0.2, 0.25) is 0 Å². The Morgan fingerprint density at radius 2 is 1.77 bits per heavy atom. The molecule has 1 saturated heterocycles. The summed E-state index contributed by atoms with van der Waals surface area (Å²) in [7, 11) is -2.13. The van der Waals surface area contributed by atoms with Crippen molar-refractivity contribution in [2.45, 2.75) is 30.7 Å². The second-order valence-electron chi connectivity index (χ2n) is 6.30. The molecular weight excluding hydrogens is 352 g/mol. The zero-order chi connectivity index (χ0) is 18.7. The molecule has 1 aliphatic rings. The van der Waals surface area contributed by atoms with Gasteiger partial charge < -0.3 is 10.1 Å². The van der Waals surface area contributed by atoms with Crippen LogP contribution in [-0.2, 0) is 14.8 Å². The van der Waals surface area contributed by atoms with Gasteiger partial charge in [-0.05, 0) is 56.2 Å². The summed E-state index contributed by atoms with van der Waals surface area (Å²) in [6.07, 6.45) is 1.17. The van der Waals surface area contributed by atoms with Crippen LogP contribution in [0.3, 0.4) is 0 Å². The number of aryl methyl sites for hydroxylation is 1. The van der Waals surface area contributed by atoms with Gasteiger partial charge in [-0.15, -0.1) is 0 Å². The van der Waals surface area contributed by atoms with Gasteiger partial charge in [-0.3, -0.25) is 4.79 Å². The molecule has 1 fully saturated rings. The monoisotopic (exact) mass is 374 g/mol. The highest BCUT2D eigenvalue weighted by Gasteiger charge is 2.39. The van der Waals surface area contributed by atoms with E-state index in [4.69, 9.17) is 4.74 Å². The molecule has 0 saturated carbocycles. The van der Waals surface area contributed by atoms with Crippen LogP contribution in [0, 0.1) is 6.92 Å². The smallest absolute Gasteiger partial charge is 0.243 e. The first-order chi connectivity index (χ1) is 12.4. The minimum absolute atomic E-state index is 0.215. The predicted molar refractivity (Wildman–Crippen MR) is 99.7 cm³/mol. The van der Waals surface area contributed by atoms with Crippen molar-refractivity contribution in [1.29, 1.82) is 0 Å². The molecule has 0 aliphatic carbocycles. The normalized spacial score (nSPS) is 17.8. The summed E-state index contributed by atoms with van der Waals surface area (Å²) in [5.74, 6) is 0.371. The zero-order valence-corrected chi connectivity index (χ0v) is 15.6. The molecule has 0 spiro atoms. The number of carbonyl (C=O) groups is 1. The molecule has 2 aromatic rings. The van der Waals surface area contributed by atoms with Gasteiger partial charge in [0.1, 0.15) is 11.8 Å². The number of sulfonamides is 1. The number of hydrogen-bond donors (Lipinski definition) is 1. The molecule has 1 heterocycles. The van der Waals surface area contributed by atoms with Gasteiger partial charge in [0, 0.05) is 12.2 Å². The molecule has 0 unspecified atom stereocenters. The second kappa shape index (κ2) is 7.47. The topological polar surface area (TPSA) is 75.7 Å². The number of ether oxygens (including phenoxy) is 1. The van der Waals surface area contributed by atoms with Gasteiger partial charge in [0.2, 0.25) is 15.9 Å². The van der Waals surface area contributed by atoms with Gasteiger partial charge in [-0.25, -0.2) is 8.42 Å². The number of nitrogens with zero attached hydrogens (tertiary/aromatic N) is 1. The molecule has 1 aliphatic heterocycles. The van der Waals surface area contributed by atoms with E-state index in [2.05, 4.69) is 5.32 Å². The fourth-order valence-electron chi connectivity index (χ4n) is 3.04. The Bertz CT molecular complexity index is 877. The summed E-state index contributed by atoms with van der Waals surface area (Å²) in [5.41, 5.74) is 1.59. The van der Waals surface area contributed by atoms with Crippen LogP contribution in [0.5, 0.6) is 5.75 Å². The number of benzene rings is 2. The van der Waals surface area contributed by atoms with Crippen LogP contribution in [-0.4, -0.2) is 38.3 Å². The van der Waals surface area contributed by atoms with Crippen LogP contribution < -0.4 is 10.1 Å². The second-order valence-corrected chi connectivity index (χ2v) is 8.20. The summed E-state index contributed by atoms with van der Waals surface area (Å²) >= 11 is 0. The third-order valence-corrected chi connectivity index (χ3v) is 6.41. The molecule has 3 rings (SSSR count). The Labute approximate surface area is 153 Å². The lowest BCUT2D eigenvalue weighted by Gasteiger charge is -2.23. The number of rotatable bonds is 5. The number of hydrogen-bond acceptors (Lipinski definition) is 4. The average Bonchev–Trinajstić information content (AvgIpc) is 3.13. The molecule has 2 aromatic carbocycles. The zero-order valence-electron chi connectivity index (χ0n) is 14.8. The first-order valence-electron chi connectivity index (χ1n) is 8.45. The molecular formula is C19H22N2O4S. The molecule has 1 amide bonds. The maximum atomic E-state index is 12.9. The van der Waals surface area contributed by atoms with Gasteiger partial charge in [0.05, 0.1) is 12.0 Å². The summed E-state index contributed by atoms with van der Waals surface area (Å²) in [6.45, 7) is 2.24. The molecule has 0 bridgehead atoms. The summed E-state index contributed by atoms with van der Waals surface area (Å²) in [4.78, 5) is 12.9. The highest BCUT2D eigenvalue weighted by molar-refractivity contribution is 7.89. The van der Waals surface area contributed by atoms with Gasteiger partial charge >= 0.3 is 0 Å². The maximum absolute atomic E-state index is 12.9. The van der Waals surface area contributed by atoms with Crippen molar-refractivity contribution in [2.75, 3.05) is 19.0 Å². The maximum Gasteiger partial charge on any atom is 0.243 e. The van der Waals surface area contributed by atoms with Crippen molar-refractivity contribution in [3.63, 3.8) is 0 Å². The van der Waals surface area contributed by atoms with E-state index in [9.17, 15) is 13.2 Å². The Balaban J connectivity index is 1.78. The molecule has 1 N–H and O–H groups in total. The van der Waals surface area contributed by atoms with Crippen LogP contribution >= 0.6 is 0 Å². The third-order valence-electron chi connectivity index (χ3n) is 4.49. The molecule has 138 valence electrons. The fraction of sp³-hybridized carbons (Fsp3) is 0.316. The van der Waals surface area contributed by atoms with E-state index < -0.39 is 16.1 Å². The van der Waals surface area contributed by atoms with Crippen molar-refractivity contribution in [2.24, 2.45) is 0 Å². The SMILES string of the molecule is COc1ccc(NC(=O)[C@@H]2CCCN2S(=O)(=O)c2ccc(C)cc2)cc1. The molecule has 1 atom stereocenters. The lowest BCUT2D eigenvalue weighted by Crippen LogP contribution is -2.43. The van der Waals surface area contributed by atoms with Crippen LogP contribution in [0.15, 0.2) is 53.4 Å². The molecule has 0 aromatic heterocycles. The third kappa shape index (κ3) is 3.73. The Morgan fingerprint density at radius 1 is 1.12 bits per heavy atom. The molecule has 0 radical (unpaired) electrons. The van der Waals surface area contributed by atoms with Crippen LogP contribution in [0.25, 0.3) is 0 Å². The Kier molecular flexibility index (Phi) is 5.29. The van der Waals surface area contributed by atoms with E-state index in [1.54, 1.807) is 55.6 Å². The number of anilines is 1. The first-order valence-corrected chi connectivity index (χ1v) is 9.89. The minimum atomic E-state index is -3.70. The van der Waals surface area contributed by atoms with Gasteiger partial charge in [-0.2, -0.15) is 4.31 Å². The highest BCUT2D eigenvalue weighted by atomic mass is 32.2. The van der Waals surface area contributed by atoms with E-state index in [0.717, 1.165) is 5.56 Å². The number of nitrogens with one attached hydrogen (secondary N) is 1. The summed E-state index contributed by atoms with van der Waals surface area (Å²) in [5, 5.41) is 2.80. The van der Waals surface area contributed by atoms with Crippen molar-refractivity contribution in [3.05, 3.63) is 54.1 Å². The van der Waals surface area contributed by atoms with E-state index in [1.165, 1.54) is 4.31 Å². The van der Waals surface area contributed by atoms with Gasteiger partial charge in [0.15, 0.2) is 0 Å². The van der Waals surface area contributed by atoms with Crippen LogP contribution in [0.1, 0.15) is 18.4 Å². The minimum Gasteiger partial charge on any atom is -0.497 e.